The fraction of sp³-hybridized carbons (Fsp3) is 0.667. The summed E-state index contributed by atoms with van der Waals surface area (Å²) >= 11 is 1.46. The number of piperazine rings is 1. The van der Waals surface area contributed by atoms with Crippen molar-refractivity contribution in [3.05, 3.63) is 16.3 Å². The maximum atomic E-state index is 12.5. The number of piperidine rings is 1. The Morgan fingerprint density at radius 1 is 1.14 bits per heavy atom. The van der Waals surface area contributed by atoms with E-state index < -0.39 is 0 Å². The number of nitrogens with zero attached hydrogens (tertiary/aromatic N) is 3. The van der Waals surface area contributed by atoms with E-state index in [1.807, 2.05) is 13.8 Å². The summed E-state index contributed by atoms with van der Waals surface area (Å²) in [5.41, 5.74) is 0.960. The summed E-state index contributed by atoms with van der Waals surface area (Å²) in [6, 6.07) is 0. The topological polar surface area (TPSA) is 64.2 Å². The van der Waals surface area contributed by atoms with Gasteiger partial charge in [0.15, 0.2) is 5.82 Å². The second-order valence-electron chi connectivity index (χ2n) is 8.35. The number of hydrogen-bond acceptors (Lipinski definition) is 6. The van der Waals surface area contributed by atoms with Gasteiger partial charge in [0.05, 0.1) is 58.3 Å². The summed E-state index contributed by atoms with van der Waals surface area (Å²) < 4.78 is 5.29. The number of quaternary nitrogens is 2. The molecule has 158 valence electrons. The molecule has 0 bridgehead atoms. The number of esters is 1. The number of rotatable bonds is 5. The van der Waals surface area contributed by atoms with Crippen LogP contribution in [0.3, 0.4) is 0 Å². The number of nitrogens with one attached hydrogen (secondary N) is 2. The van der Waals surface area contributed by atoms with Crippen molar-refractivity contribution >= 4 is 33.3 Å². The molecular weight excluding hydrogens is 386 g/mol. The first-order valence-electron chi connectivity index (χ1n) is 10.9. The Bertz CT molecular complexity index is 870. The summed E-state index contributed by atoms with van der Waals surface area (Å²) in [5, 5.41) is 1.04. The number of aromatic nitrogens is 2. The van der Waals surface area contributed by atoms with E-state index in [1.54, 1.807) is 9.80 Å². The van der Waals surface area contributed by atoms with Crippen LogP contribution in [0.2, 0.25) is 0 Å². The quantitative estimate of drug-likeness (QED) is 0.672. The molecule has 0 radical (unpaired) electrons. The van der Waals surface area contributed by atoms with Crippen molar-refractivity contribution in [3.8, 4) is 0 Å². The minimum atomic E-state index is -0.245. The van der Waals surface area contributed by atoms with Gasteiger partial charge < -0.3 is 19.4 Å². The number of carbonyl (C=O) groups excluding carboxylic acids is 1. The molecular formula is C21H33N5O2S+2. The molecule has 4 rings (SSSR count). The van der Waals surface area contributed by atoms with Gasteiger partial charge in [-0.15, -0.1) is 11.3 Å². The molecule has 0 aliphatic carbocycles. The average Bonchev–Trinajstić information content (AvgIpc) is 3.06. The summed E-state index contributed by atoms with van der Waals surface area (Å²) in [5.74, 6) is 1.68. The lowest BCUT2D eigenvalue weighted by molar-refractivity contribution is -0.919. The first-order valence-corrected chi connectivity index (χ1v) is 11.8. The third-order valence-corrected chi connectivity index (χ3v) is 7.33. The van der Waals surface area contributed by atoms with Crippen LogP contribution in [-0.4, -0.2) is 68.9 Å². The predicted octanol–water partition coefficient (Wildman–Crippen LogP) is 0.0799. The minimum absolute atomic E-state index is 0.245. The number of anilines is 1. The third kappa shape index (κ3) is 4.39. The van der Waals surface area contributed by atoms with Gasteiger partial charge in [-0.1, -0.05) is 0 Å². The van der Waals surface area contributed by atoms with Gasteiger partial charge >= 0.3 is 5.97 Å². The Kier molecular flexibility index (Phi) is 6.32. The molecule has 7 nitrogen and oxygen atoms in total. The largest absolute Gasteiger partial charge is 0.462 e. The van der Waals surface area contributed by atoms with E-state index in [0.29, 0.717) is 11.5 Å². The van der Waals surface area contributed by atoms with Crippen molar-refractivity contribution in [2.45, 2.75) is 39.7 Å². The van der Waals surface area contributed by atoms with Gasteiger partial charge in [0.1, 0.15) is 22.1 Å². The van der Waals surface area contributed by atoms with Crippen molar-refractivity contribution in [3.63, 3.8) is 0 Å². The normalized spacial score (nSPS) is 19.1. The van der Waals surface area contributed by atoms with Gasteiger partial charge in [0.25, 0.3) is 0 Å². The number of ether oxygens (including phenoxy) is 1. The highest BCUT2D eigenvalue weighted by molar-refractivity contribution is 7.20. The van der Waals surface area contributed by atoms with Crippen LogP contribution in [-0.2, 0) is 11.3 Å². The second-order valence-corrected chi connectivity index (χ2v) is 9.35. The SMILES string of the molecule is CCOC(=O)c1sc2nc(C[NH+]3CCCCC3)nc(N3CC[NH+](C)CC3)c2c1C. The van der Waals surface area contributed by atoms with Crippen LogP contribution in [0, 0.1) is 6.92 Å². The zero-order valence-electron chi connectivity index (χ0n) is 17.8. The Balaban J connectivity index is 1.74. The summed E-state index contributed by atoms with van der Waals surface area (Å²) in [6.45, 7) is 11.7. The lowest BCUT2D eigenvalue weighted by Gasteiger charge is -2.31. The molecule has 8 heteroatoms. The van der Waals surface area contributed by atoms with E-state index in [9.17, 15) is 4.79 Å². The summed E-state index contributed by atoms with van der Waals surface area (Å²) in [7, 11) is 2.24. The van der Waals surface area contributed by atoms with Crippen molar-refractivity contribution in [2.24, 2.45) is 0 Å². The molecule has 2 aliphatic rings. The van der Waals surface area contributed by atoms with Gasteiger partial charge in [-0.2, -0.15) is 0 Å². The molecule has 0 atom stereocenters. The van der Waals surface area contributed by atoms with Crippen molar-refractivity contribution in [1.29, 1.82) is 0 Å². The van der Waals surface area contributed by atoms with Crippen LogP contribution in [0.4, 0.5) is 5.82 Å². The first-order chi connectivity index (χ1) is 14.1. The molecule has 29 heavy (non-hydrogen) atoms. The van der Waals surface area contributed by atoms with Gasteiger partial charge in [-0.3, -0.25) is 0 Å². The lowest BCUT2D eigenvalue weighted by atomic mass is 10.1. The van der Waals surface area contributed by atoms with Crippen LogP contribution in [0.5, 0.6) is 0 Å². The molecule has 2 aliphatic heterocycles. The van der Waals surface area contributed by atoms with Crippen LogP contribution in [0.25, 0.3) is 10.2 Å². The van der Waals surface area contributed by atoms with Gasteiger partial charge in [-0.25, -0.2) is 14.8 Å². The van der Waals surface area contributed by atoms with Crippen LogP contribution < -0.4 is 14.7 Å². The van der Waals surface area contributed by atoms with E-state index in [-0.39, 0.29) is 5.97 Å². The lowest BCUT2D eigenvalue weighted by Crippen LogP contribution is -3.12. The van der Waals surface area contributed by atoms with E-state index in [1.165, 1.54) is 43.7 Å². The first kappa shape index (κ1) is 20.5. The van der Waals surface area contributed by atoms with Crippen molar-refractivity contribution in [2.75, 3.05) is 57.8 Å². The highest BCUT2D eigenvalue weighted by atomic mass is 32.1. The molecule has 2 aromatic heterocycles. The summed E-state index contributed by atoms with van der Waals surface area (Å²) in [4.78, 5) is 29.6. The Morgan fingerprint density at radius 3 is 2.55 bits per heavy atom. The standard InChI is InChI=1S/C21H31N5O2S/c1-4-28-21(27)18-15(2)17-19(26-12-10-24(3)11-13-26)22-16(23-20(17)29-18)14-25-8-6-5-7-9-25/h4-14H2,1-3H3/p+2. The van der Waals surface area contributed by atoms with Gasteiger partial charge in [0.2, 0.25) is 0 Å². The fourth-order valence-corrected chi connectivity index (χ4v) is 5.50. The van der Waals surface area contributed by atoms with Gasteiger partial charge in [-0.05, 0) is 38.7 Å². The molecule has 2 N–H and O–H groups in total. The average molecular weight is 420 g/mol. The molecule has 2 fully saturated rings. The molecule has 0 saturated carbocycles. The monoisotopic (exact) mass is 419 g/mol. The maximum absolute atomic E-state index is 12.5. The van der Waals surface area contributed by atoms with Crippen molar-refractivity contribution < 1.29 is 19.3 Å². The number of likely N-dealkylation sites (tertiary alicyclic amines) is 1. The number of hydrogen-bond donors (Lipinski definition) is 2. The number of likely N-dealkylation sites (N-methyl/N-ethyl adjacent to an activating group) is 1. The van der Waals surface area contributed by atoms with Crippen LogP contribution in [0.15, 0.2) is 0 Å². The molecule has 0 spiro atoms. The van der Waals surface area contributed by atoms with E-state index in [2.05, 4.69) is 11.9 Å². The number of thiophene rings is 1. The van der Waals surface area contributed by atoms with Crippen LogP contribution >= 0.6 is 11.3 Å². The number of aryl methyl sites for hydroxylation is 1. The Labute approximate surface area is 176 Å². The van der Waals surface area contributed by atoms with Crippen LogP contribution in [0.1, 0.15) is 47.2 Å². The van der Waals surface area contributed by atoms with Gasteiger partial charge in [0, 0.05) is 0 Å². The van der Waals surface area contributed by atoms with E-state index in [0.717, 1.165) is 60.1 Å². The predicted molar refractivity (Wildman–Crippen MR) is 115 cm³/mol. The molecule has 4 heterocycles. The molecule has 2 saturated heterocycles. The second kappa shape index (κ2) is 8.93. The number of fused-ring (bicyclic) bond motifs is 1. The highest BCUT2D eigenvalue weighted by Gasteiger charge is 2.27. The zero-order chi connectivity index (χ0) is 20.4. The third-order valence-electron chi connectivity index (χ3n) is 6.16. The molecule has 0 aromatic carbocycles. The van der Waals surface area contributed by atoms with E-state index >= 15 is 0 Å². The maximum Gasteiger partial charge on any atom is 0.348 e. The smallest absolute Gasteiger partial charge is 0.348 e. The molecule has 0 unspecified atom stereocenters. The molecule has 2 aromatic rings. The number of carbonyl (C=O) groups is 1. The minimum Gasteiger partial charge on any atom is -0.462 e. The Hall–Kier alpha value is -1.77. The molecule has 0 amide bonds. The van der Waals surface area contributed by atoms with E-state index in [4.69, 9.17) is 14.7 Å². The summed E-state index contributed by atoms with van der Waals surface area (Å²) in [6.07, 6.45) is 3.92. The van der Waals surface area contributed by atoms with Crippen molar-refractivity contribution in [1.82, 2.24) is 9.97 Å². The zero-order valence-corrected chi connectivity index (χ0v) is 18.7. The fourth-order valence-electron chi connectivity index (χ4n) is 4.41. The Morgan fingerprint density at radius 2 is 1.86 bits per heavy atom. The highest BCUT2D eigenvalue weighted by Crippen LogP contribution is 2.36.